The fraction of sp³-hybridized carbons (Fsp3) is 0.786. The van der Waals surface area contributed by atoms with Crippen LogP contribution < -0.4 is 0 Å². The third-order valence-corrected chi connectivity index (χ3v) is 16.2. The van der Waals surface area contributed by atoms with Gasteiger partial charge in [0, 0.05) is 103 Å². The number of rotatable bonds is 37. The molecule has 3 aliphatic heterocycles. The summed E-state index contributed by atoms with van der Waals surface area (Å²) in [6.45, 7) is 11.6. The molecule has 0 amide bonds. The molecule has 0 saturated carbocycles. The molecule has 90 heavy (non-hydrogen) atoms. The Morgan fingerprint density at radius 2 is 0.533 bits per heavy atom. The van der Waals surface area contributed by atoms with Crippen LogP contribution in [0.2, 0.25) is 0 Å². The Labute approximate surface area is 533 Å². The molecular formula is C56H84O31S3. The Hall–Kier alpha value is -5.59. The molecule has 34 heteroatoms. The Morgan fingerprint density at radius 3 is 0.733 bits per heavy atom. The van der Waals surface area contributed by atoms with Gasteiger partial charge in [0.1, 0.15) is 54.4 Å². The van der Waals surface area contributed by atoms with Crippen molar-refractivity contribution in [3.05, 3.63) is 0 Å². The van der Waals surface area contributed by atoms with Gasteiger partial charge in [-0.1, -0.05) is 0 Å². The van der Waals surface area contributed by atoms with Gasteiger partial charge in [0.25, 0.3) is 0 Å². The van der Waals surface area contributed by atoms with E-state index in [1.807, 2.05) is 0 Å². The largest absolute Gasteiger partial charge is 0.463 e. The summed E-state index contributed by atoms with van der Waals surface area (Å²) in [6, 6.07) is 0. The highest BCUT2D eigenvalue weighted by Crippen LogP contribution is 2.38. The maximum absolute atomic E-state index is 12.4. The van der Waals surface area contributed by atoms with Gasteiger partial charge in [-0.2, -0.15) is 0 Å². The standard InChI is InChI=1S/C56H84O31S3/c1-29(58)73-22-41-44(76-32(4)61)47(79-35(7)64)50(82-38(10)67)53(85-41)88-19-13-16-70-26-56(25-57,27-71-17-14-20-89-54-51(83-39(11)68)48(80-36(8)65)45(77-33(5)62)42(86-54)23-74-30(2)59)28-72-18-15-21-90-55-52(84-40(12)69)49(81-37(9)66)46(78-34(6)63)43(87-55)24-75-31(3)60/h41-55,57H,13-28H2,1-12H3/t41-,42-,43-,44-,45-,46-,47+,48+,49+,50-,51-,52+,53+,54+,55-/m1/s1. The Morgan fingerprint density at radius 1 is 0.322 bits per heavy atom. The van der Waals surface area contributed by atoms with E-state index in [4.69, 9.17) is 85.3 Å². The first kappa shape index (κ1) is 78.7. The van der Waals surface area contributed by atoms with Crippen molar-refractivity contribution in [1.29, 1.82) is 0 Å². The molecule has 1 N–H and O–H groups in total. The van der Waals surface area contributed by atoms with E-state index in [-0.39, 0.29) is 56.9 Å². The predicted molar refractivity (Wildman–Crippen MR) is 309 cm³/mol. The lowest BCUT2D eigenvalue weighted by atomic mass is 9.92. The molecule has 0 unspecified atom stereocenters. The van der Waals surface area contributed by atoms with Crippen molar-refractivity contribution in [2.75, 3.05) is 83.3 Å². The number of thioether (sulfide) groups is 3. The van der Waals surface area contributed by atoms with Crippen LogP contribution in [0.3, 0.4) is 0 Å². The number of hydrogen-bond acceptors (Lipinski definition) is 34. The van der Waals surface area contributed by atoms with Crippen LogP contribution in [0.15, 0.2) is 0 Å². The summed E-state index contributed by atoms with van der Waals surface area (Å²) in [5, 5.41) is 11.1. The molecule has 0 aliphatic carbocycles. The SMILES string of the molecule is CC(=O)OC[C@H]1O[C@@H](SCCCOCC(CO)(COCCCS[C@H]2O[C@H](COC(C)=O)[C@@H](OC(C)=O)[C@H](OC(C)=O)[C@@H]2OC(C)=O)COCCCS[C@@H]2O[C@H](COC(C)=O)[C@@H](OC(C)=O)[C@H](OC(C)=O)[C@H]2OC(C)=O)[C@H](OC(C)=O)[C@@H](OC(C)=O)[C@@H]1OC(C)=O. The van der Waals surface area contributed by atoms with Gasteiger partial charge >= 0.3 is 71.6 Å². The van der Waals surface area contributed by atoms with Gasteiger partial charge in [0.05, 0.1) is 31.8 Å². The van der Waals surface area contributed by atoms with Crippen LogP contribution >= 0.6 is 35.3 Å². The number of esters is 12. The molecule has 0 spiro atoms. The highest BCUT2D eigenvalue weighted by molar-refractivity contribution is 8.00. The van der Waals surface area contributed by atoms with Crippen molar-refractivity contribution in [3.8, 4) is 0 Å². The molecule has 0 aromatic heterocycles. The van der Waals surface area contributed by atoms with E-state index in [1.165, 1.54) is 0 Å². The third kappa shape index (κ3) is 28.5. The smallest absolute Gasteiger partial charge is 0.303 e. The topological polar surface area (TPSA) is 391 Å². The van der Waals surface area contributed by atoms with Crippen molar-refractivity contribution in [3.63, 3.8) is 0 Å². The quantitative estimate of drug-likeness (QED) is 0.0525. The maximum atomic E-state index is 12.4. The minimum absolute atomic E-state index is 0.0687. The average molecular weight is 1350 g/mol. The van der Waals surface area contributed by atoms with E-state index >= 15 is 0 Å². The lowest BCUT2D eigenvalue weighted by Crippen LogP contribution is -2.61. The normalized spacial score (nSPS) is 26.4. The van der Waals surface area contributed by atoms with Crippen LogP contribution in [0, 0.1) is 5.41 Å². The number of ether oxygens (including phenoxy) is 18. The summed E-state index contributed by atoms with van der Waals surface area (Å²) >= 11 is 3.43. The number of carbonyl (C=O) groups is 12. The number of aliphatic hydroxyl groups is 1. The highest BCUT2D eigenvalue weighted by atomic mass is 32.2. The lowest BCUT2D eigenvalue weighted by molar-refractivity contribution is -0.237. The molecule has 3 heterocycles. The van der Waals surface area contributed by atoms with Crippen molar-refractivity contribution < 1.29 is 148 Å². The monoisotopic (exact) mass is 1350 g/mol. The summed E-state index contributed by atoms with van der Waals surface area (Å²) in [5.41, 5.74) is -4.34. The van der Waals surface area contributed by atoms with E-state index in [0.29, 0.717) is 19.3 Å². The molecule has 0 radical (unpaired) electrons. The minimum atomic E-state index is -1.36. The van der Waals surface area contributed by atoms with Gasteiger partial charge in [-0.25, -0.2) is 0 Å². The zero-order valence-corrected chi connectivity index (χ0v) is 54.8. The van der Waals surface area contributed by atoms with Crippen LogP contribution in [-0.2, 0) is 143 Å². The molecule has 512 valence electrons. The van der Waals surface area contributed by atoms with Gasteiger partial charge < -0.3 is 90.4 Å². The summed E-state index contributed by atoms with van der Waals surface area (Å²) in [7, 11) is 0. The van der Waals surface area contributed by atoms with Crippen molar-refractivity contribution in [2.45, 2.75) is 192 Å². The van der Waals surface area contributed by atoms with Gasteiger partial charge in [0.2, 0.25) is 0 Å². The van der Waals surface area contributed by atoms with Crippen molar-refractivity contribution >= 4 is 107 Å². The molecule has 3 fully saturated rings. The van der Waals surface area contributed by atoms with E-state index in [1.54, 1.807) is 0 Å². The van der Waals surface area contributed by atoms with Crippen LogP contribution in [0.1, 0.15) is 102 Å². The Kier molecular flexibility index (Phi) is 35.3. The molecule has 0 aromatic rings. The average Bonchev–Trinajstić information content (AvgIpc) is 0.881. The van der Waals surface area contributed by atoms with Gasteiger partial charge in [-0.05, 0) is 36.5 Å². The molecule has 3 aliphatic rings. The molecular weight excluding hydrogens is 1260 g/mol. The van der Waals surface area contributed by atoms with E-state index in [0.717, 1.165) is 118 Å². The third-order valence-electron chi connectivity index (χ3n) is 12.6. The van der Waals surface area contributed by atoms with Gasteiger partial charge in [-0.3, -0.25) is 57.5 Å². The first-order valence-electron chi connectivity index (χ1n) is 28.6. The minimum Gasteiger partial charge on any atom is -0.463 e. The molecule has 3 saturated heterocycles. The fourth-order valence-corrected chi connectivity index (χ4v) is 12.6. The first-order valence-corrected chi connectivity index (χ1v) is 31.7. The summed E-state index contributed by atoms with van der Waals surface area (Å²) in [5.74, 6) is -8.22. The van der Waals surface area contributed by atoms with Gasteiger partial charge in [-0.15, -0.1) is 35.3 Å². The van der Waals surface area contributed by atoms with E-state index in [2.05, 4.69) is 0 Å². The summed E-state index contributed by atoms with van der Waals surface area (Å²) in [6.07, 6.45) is -14.5. The second-order valence-electron chi connectivity index (χ2n) is 20.7. The van der Waals surface area contributed by atoms with E-state index in [9.17, 15) is 62.6 Å². The van der Waals surface area contributed by atoms with E-state index < -0.39 is 193 Å². The zero-order valence-electron chi connectivity index (χ0n) is 52.4. The molecule has 0 bridgehead atoms. The van der Waals surface area contributed by atoms with Crippen LogP contribution in [0.5, 0.6) is 0 Å². The fourth-order valence-electron chi connectivity index (χ4n) is 9.18. The van der Waals surface area contributed by atoms with Crippen LogP contribution in [-0.4, -0.2) is 250 Å². The highest BCUT2D eigenvalue weighted by Gasteiger charge is 2.55. The van der Waals surface area contributed by atoms with Crippen LogP contribution in [0.25, 0.3) is 0 Å². The molecule has 0 aromatic carbocycles. The predicted octanol–water partition coefficient (Wildman–Crippen LogP) is 1.63. The second kappa shape index (κ2) is 40.4. The Balaban J connectivity index is 1.82. The summed E-state index contributed by atoms with van der Waals surface area (Å²) in [4.78, 5) is 146. The van der Waals surface area contributed by atoms with Gasteiger partial charge in [0.15, 0.2) is 54.9 Å². The van der Waals surface area contributed by atoms with Crippen LogP contribution in [0.4, 0.5) is 0 Å². The lowest BCUT2D eigenvalue weighted by Gasteiger charge is -2.44. The Bertz CT molecular complexity index is 2140. The zero-order chi connectivity index (χ0) is 67.3. The molecule has 15 atom stereocenters. The van der Waals surface area contributed by atoms with Crippen molar-refractivity contribution in [1.82, 2.24) is 0 Å². The first-order chi connectivity index (χ1) is 42.4. The molecule has 31 nitrogen and oxygen atoms in total. The number of hydrogen-bond donors (Lipinski definition) is 1. The molecule has 3 rings (SSSR count). The number of carbonyl (C=O) groups excluding carboxylic acids is 12. The summed E-state index contributed by atoms with van der Waals surface area (Å²) < 4.78 is 102. The maximum Gasteiger partial charge on any atom is 0.303 e. The number of aliphatic hydroxyl groups excluding tert-OH is 1. The van der Waals surface area contributed by atoms with Crippen molar-refractivity contribution in [2.24, 2.45) is 5.41 Å². The second-order valence-corrected chi connectivity index (χ2v) is 24.3.